The lowest BCUT2D eigenvalue weighted by atomic mass is 10.1. The van der Waals surface area contributed by atoms with Gasteiger partial charge in [0.05, 0.1) is 0 Å². The molecule has 1 aliphatic rings. The summed E-state index contributed by atoms with van der Waals surface area (Å²) in [5, 5.41) is 12.8. The van der Waals surface area contributed by atoms with Gasteiger partial charge in [0.1, 0.15) is 5.69 Å². The summed E-state index contributed by atoms with van der Waals surface area (Å²) in [6.07, 6.45) is 1.81. The molecule has 3 aromatic rings. The highest BCUT2D eigenvalue weighted by Gasteiger charge is 2.26. The fraction of sp³-hybridized carbons (Fsp3) is 0.300. The maximum atomic E-state index is 6.23. The van der Waals surface area contributed by atoms with Gasteiger partial charge >= 0.3 is 0 Å². The van der Waals surface area contributed by atoms with Crippen LogP contribution in [0.1, 0.15) is 37.4 Å². The molecule has 0 radical (unpaired) electrons. The van der Waals surface area contributed by atoms with E-state index in [0.717, 1.165) is 41.2 Å². The standard InChI is InChI=1S/C20H21N5OS/c1-3-4-12-27-20-23-19-17(24-25-20)14-9-5-6-10-15(14)22-18(26-19)16-11-7-8-13(2)21-16/h5-11,18,22H,3-4,12H2,1-2H3/t18-/m0/s1. The number of thioether (sulfide) groups is 1. The molecule has 3 heterocycles. The van der Waals surface area contributed by atoms with E-state index in [9.17, 15) is 0 Å². The lowest BCUT2D eigenvalue weighted by Crippen LogP contribution is -2.18. The number of nitrogens with one attached hydrogen (secondary N) is 1. The predicted octanol–water partition coefficient (Wildman–Crippen LogP) is 4.64. The van der Waals surface area contributed by atoms with Crippen LogP contribution in [0.3, 0.4) is 0 Å². The maximum Gasteiger partial charge on any atom is 0.247 e. The first kappa shape index (κ1) is 17.7. The average molecular weight is 379 g/mol. The van der Waals surface area contributed by atoms with E-state index in [-0.39, 0.29) is 0 Å². The SMILES string of the molecule is CCCCSc1nnc2c(n1)O[C@@H](c1cccc(C)n1)Nc1ccccc1-2. The van der Waals surface area contributed by atoms with Crippen LogP contribution in [0.15, 0.2) is 47.6 Å². The summed E-state index contributed by atoms with van der Waals surface area (Å²) < 4.78 is 6.23. The smallest absolute Gasteiger partial charge is 0.247 e. The molecule has 1 N–H and O–H groups in total. The third-order valence-electron chi connectivity index (χ3n) is 4.24. The highest BCUT2D eigenvalue weighted by atomic mass is 32.2. The van der Waals surface area contributed by atoms with Crippen molar-refractivity contribution in [3.63, 3.8) is 0 Å². The minimum absolute atomic E-state index is 0.447. The summed E-state index contributed by atoms with van der Waals surface area (Å²) in [5.41, 5.74) is 4.23. The first-order chi connectivity index (χ1) is 13.2. The molecule has 1 aliphatic heterocycles. The summed E-state index contributed by atoms with van der Waals surface area (Å²) in [6, 6.07) is 13.8. The van der Waals surface area contributed by atoms with Crippen LogP contribution in [0, 0.1) is 6.92 Å². The van der Waals surface area contributed by atoms with Crippen LogP contribution in [-0.4, -0.2) is 25.9 Å². The summed E-state index contributed by atoms with van der Waals surface area (Å²) in [5.74, 6) is 1.45. The van der Waals surface area contributed by atoms with Crippen molar-refractivity contribution >= 4 is 17.4 Å². The Balaban J connectivity index is 1.74. The van der Waals surface area contributed by atoms with Gasteiger partial charge < -0.3 is 10.1 Å². The van der Waals surface area contributed by atoms with Gasteiger partial charge in [-0.25, -0.2) is 0 Å². The lowest BCUT2D eigenvalue weighted by molar-refractivity contribution is 0.220. The Morgan fingerprint density at radius 2 is 1.96 bits per heavy atom. The van der Waals surface area contributed by atoms with Crippen molar-refractivity contribution in [3.8, 4) is 17.1 Å². The topological polar surface area (TPSA) is 72.8 Å². The third-order valence-corrected chi connectivity index (χ3v) is 5.17. The Bertz CT molecular complexity index is 949. The number of anilines is 1. The van der Waals surface area contributed by atoms with E-state index in [4.69, 9.17) is 4.74 Å². The third kappa shape index (κ3) is 3.88. The van der Waals surface area contributed by atoms with Crippen molar-refractivity contribution in [2.75, 3.05) is 11.1 Å². The number of unbranched alkanes of at least 4 members (excludes halogenated alkanes) is 1. The summed E-state index contributed by atoms with van der Waals surface area (Å²) in [6.45, 7) is 4.14. The fourth-order valence-corrected chi connectivity index (χ4v) is 3.72. The largest absolute Gasteiger partial charge is 0.446 e. The Morgan fingerprint density at radius 1 is 1.07 bits per heavy atom. The van der Waals surface area contributed by atoms with E-state index in [2.05, 4.69) is 32.4 Å². The van der Waals surface area contributed by atoms with Gasteiger partial charge in [0.25, 0.3) is 0 Å². The van der Waals surface area contributed by atoms with Crippen molar-refractivity contribution < 1.29 is 4.74 Å². The predicted molar refractivity (Wildman–Crippen MR) is 107 cm³/mol. The highest BCUT2D eigenvalue weighted by Crippen LogP contribution is 2.39. The van der Waals surface area contributed by atoms with Crippen LogP contribution >= 0.6 is 11.8 Å². The number of pyridine rings is 1. The molecule has 0 amide bonds. The Kier molecular flexibility index (Phi) is 5.20. The van der Waals surface area contributed by atoms with Crippen molar-refractivity contribution in [2.45, 2.75) is 38.1 Å². The molecule has 0 saturated carbocycles. The number of para-hydroxylation sites is 1. The average Bonchev–Trinajstić information content (AvgIpc) is 2.85. The van der Waals surface area contributed by atoms with Gasteiger partial charge in [0.2, 0.25) is 17.3 Å². The van der Waals surface area contributed by atoms with E-state index in [1.807, 2.05) is 49.4 Å². The second-order valence-corrected chi connectivity index (χ2v) is 7.40. The molecule has 6 nitrogen and oxygen atoms in total. The summed E-state index contributed by atoms with van der Waals surface area (Å²) in [4.78, 5) is 9.25. The number of ether oxygens (including phenoxy) is 1. The quantitative estimate of drug-likeness (QED) is 0.511. The minimum Gasteiger partial charge on any atom is -0.446 e. The first-order valence-corrected chi connectivity index (χ1v) is 10.1. The van der Waals surface area contributed by atoms with Gasteiger partial charge in [0.15, 0.2) is 5.69 Å². The second kappa shape index (κ2) is 7.92. The van der Waals surface area contributed by atoms with E-state index in [1.165, 1.54) is 0 Å². The zero-order valence-corrected chi connectivity index (χ0v) is 16.2. The molecule has 4 rings (SSSR count). The Morgan fingerprint density at radius 3 is 2.81 bits per heavy atom. The van der Waals surface area contributed by atoms with Gasteiger partial charge in [-0.3, -0.25) is 4.98 Å². The van der Waals surface area contributed by atoms with Gasteiger partial charge in [-0.05, 0) is 31.5 Å². The maximum absolute atomic E-state index is 6.23. The normalized spacial score (nSPS) is 15.1. The van der Waals surface area contributed by atoms with E-state index in [0.29, 0.717) is 16.7 Å². The Labute approximate surface area is 162 Å². The molecule has 0 unspecified atom stereocenters. The van der Waals surface area contributed by atoms with Crippen molar-refractivity contribution in [1.82, 2.24) is 20.2 Å². The number of nitrogens with zero attached hydrogens (tertiary/aromatic N) is 4. The van der Waals surface area contributed by atoms with Gasteiger partial charge in [-0.1, -0.05) is 49.4 Å². The molecular weight excluding hydrogens is 358 g/mol. The van der Waals surface area contributed by atoms with Gasteiger partial charge in [-0.15, -0.1) is 10.2 Å². The van der Waals surface area contributed by atoms with Crippen LogP contribution in [0.4, 0.5) is 5.69 Å². The molecule has 0 aliphatic carbocycles. The second-order valence-electron chi connectivity index (χ2n) is 6.34. The zero-order valence-electron chi connectivity index (χ0n) is 15.3. The molecule has 7 heteroatoms. The van der Waals surface area contributed by atoms with E-state index >= 15 is 0 Å². The molecule has 0 fully saturated rings. The molecule has 1 aromatic carbocycles. The molecule has 0 saturated heterocycles. The molecule has 0 spiro atoms. The molecule has 1 atom stereocenters. The van der Waals surface area contributed by atoms with Crippen LogP contribution in [0.25, 0.3) is 11.3 Å². The number of hydrogen-bond acceptors (Lipinski definition) is 7. The number of aromatic nitrogens is 4. The van der Waals surface area contributed by atoms with Crippen LogP contribution in [0.2, 0.25) is 0 Å². The first-order valence-electron chi connectivity index (χ1n) is 9.08. The van der Waals surface area contributed by atoms with Crippen molar-refractivity contribution in [2.24, 2.45) is 0 Å². The monoisotopic (exact) mass is 379 g/mol. The summed E-state index contributed by atoms with van der Waals surface area (Å²) in [7, 11) is 0. The molecule has 2 aromatic heterocycles. The molecular formula is C20H21N5OS. The van der Waals surface area contributed by atoms with Crippen molar-refractivity contribution in [3.05, 3.63) is 53.9 Å². The molecule has 0 bridgehead atoms. The van der Waals surface area contributed by atoms with Crippen LogP contribution < -0.4 is 10.1 Å². The lowest BCUT2D eigenvalue weighted by Gasteiger charge is -2.18. The number of fused-ring (bicyclic) bond motifs is 3. The molecule has 138 valence electrons. The van der Waals surface area contributed by atoms with Gasteiger partial charge in [-0.2, -0.15) is 4.98 Å². The highest BCUT2D eigenvalue weighted by molar-refractivity contribution is 7.99. The van der Waals surface area contributed by atoms with Gasteiger partial charge in [0, 0.05) is 22.7 Å². The summed E-state index contributed by atoms with van der Waals surface area (Å²) >= 11 is 1.60. The number of rotatable bonds is 5. The van der Waals surface area contributed by atoms with Crippen LogP contribution in [0.5, 0.6) is 5.88 Å². The van der Waals surface area contributed by atoms with E-state index < -0.39 is 6.23 Å². The minimum atomic E-state index is -0.447. The van der Waals surface area contributed by atoms with Crippen molar-refractivity contribution in [1.29, 1.82) is 0 Å². The Hall–Kier alpha value is -2.67. The zero-order chi connectivity index (χ0) is 18.6. The number of aryl methyl sites for hydroxylation is 1. The molecule has 27 heavy (non-hydrogen) atoms. The van der Waals surface area contributed by atoms with E-state index in [1.54, 1.807) is 11.8 Å². The number of benzene rings is 1. The number of hydrogen-bond donors (Lipinski definition) is 1. The fourth-order valence-electron chi connectivity index (χ4n) is 2.86. The van der Waals surface area contributed by atoms with Crippen LogP contribution in [-0.2, 0) is 0 Å².